The van der Waals surface area contributed by atoms with Crippen LogP contribution in [-0.2, 0) is 6.61 Å². The van der Waals surface area contributed by atoms with Gasteiger partial charge < -0.3 is 9.84 Å². The standard InChI is InChI=1S/C15H13ClO2S/c16-12-4-6-13(7-5-12)18-11-15-9-8-14(19-15)3-1-2-10-17/h4-9,17H,2,10-11H2. The van der Waals surface area contributed by atoms with Crippen LogP contribution in [0.25, 0.3) is 0 Å². The summed E-state index contributed by atoms with van der Waals surface area (Å²) in [7, 11) is 0. The van der Waals surface area contributed by atoms with Crippen molar-refractivity contribution in [1.29, 1.82) is 0 Å². The normalized spacial score (nSPS) is 9.79. The van der Waals surface area contributed by atoms with E-state index >= 15 is 0 Å². The minimum Gasteiger partial charge on any atom is -0.488 e. The maximum Gasteiger partial charge on any atom is 0.122 e. The number of aliphatic hydroxyl groups is 1. The zero-order valence-corrected chi connectivity index (χ0v) is 11.8. The van der Waals surface area contributed by atoms with E-state index in [0.29, 0.717) is 18.1 Å². The third-order valence-corrected chi connectivity index (χ3v) is 3.53. The largest absolute Gasteiger partial charge is 0.488 e. The summed E-state index contributed by atoms with van der Waals surface area (Å²) < 4.78 is 5.65. The van der Waals surface area contributed by atoms with Gasteiger partial charge in [-0.15, -0.1) is 11.3 Å². The fraction of sp³-hybridized carbons (Fsp3) is 0.200. The number of hydrogen-bond donors (Lipinski definition) is 1. The zero-order valence-electron chi connectivity index (χ0n) is 10.2. The van der Waals surface area contributed by atoms with Gasteiger partial charge in [0.25, 0.3) is 0 Å². The molecule has 0 bridgehead atoms. The highest BCUT2D eigenvalue weighted by Crippen LogP contribution is 2.20. The Hall–Kier alpha value is -1.47. The lowest BCUT2D eigenvalue weighted by Crippen LogP contribution is -1.91. The summed E-state index contributed by atoms with van der Waals surface area (Å²) in [4.78, 5) is 2.10. The number of hydrogen-bond acceptors (Lipinski definition) is 3. The van der Waals surface area contributed by atoms with Crippen LogP contribution < -0.4 is 4.74 Å². The average Bonchev–Trinajstić information content (AvgIpc) is 2.86. The van der Waals surface area contributed by atoms with Crippen LogP contribution in [-0.4, -0.2) is 11.7 Å². The first-order valence-corrected chi connectivity index (χ1v) is 7.04. The molecule has 0 aliphatic carbocycles. The molecular weight excluding hydrogens is 280 g/mol. The lowest BCUT2D eigenvalue weighted by Gasteiger charge is -2.03. The summed E-state index contributed by atoms with van der Waals surface area (Å²) in [6.07, 6.45) is 0.508. The van der Waals surface area contributed by atoms with Crippen LogP contribution in [0, 0.1) is 11.8 Å². The predicted octanol–water partition coefficient (Wildman–Crippen LogP) is 3.71. The molecule has 0 aliphatic heterocycles. The van der Waals surface area contributed by atoms with Gasteiger partial charge in [0.15, 0.2) is 0 Å². The van der Waals surface area contributed by atoms with Crippen molar-refractivity contribution >= 4 is 22.9 Å². The molecule has 0 spiro atoms. The zero-order chi connectivity index (χ0) is 13.5. The first-order chi connectivity index (χ1) is 9.28. The molecular formula is C15H13ClO2S. The van der Waals surface area contributed by atoms with Crippen LogP contribution in [0.3, 0.4) is 0 Å². The van der Waals surface area contributed by atoms with E-state index in [4.69, 9.17) is 21.4 Å². The van der Waals surface area contributed by atoms with Crippen molar-refractivity contribution in [1.82, 2.24) is 0 Å². The number of thiophene rings is 1. The van der Waals surface area contributed by atoms with Crippen molar-refractivity contribution in [3.8, 4) is 17.6 Å². The van der Waals surface area contributed by atoms with Gasteiger partial charge in [-0.3, -0.25) is 0 Å². The lowest BCUT2D eigenvalue weighted by molar-refractivity contribution is 0.305. The molecule has 2 rings (SSSR count). The number of aliphatic hydroxyl groups excluding tert-OH is 1. The Morgan fingerprint density at radius 1 is 1.16 bits per heavy atom. The Morgan fingerprint density at radius 3 is 2.68 bits per heavy atom. The van der Waals surface area contributed by atoms with Crippen LogP contribution in [0.2, 0.25) is 5.02 Å². The van der Waals surface area contributed by atoms with Crippen molar-refractivity contribution in [3.05, 3.63) is 51.2 Å². The monoisotopic (exact) mass is 292 g/mol. The smallest absolute Gasteiger partial charge is 0.122 e. The molecule has 0 atom stereocenters. The molecule has 0 saturated heterocycles. The SMILES string of the molecule is OCCC#Cc1ccc(COc2ccc(Cl)cc2)s1. The van der Waals surface area contributed by atoms with E-state index in [0.717, 1.165) is 15.5 Å². The van der Waals surface area contributed by atoms with Gasteiger partial charge >= 0.3 is 0 Å². The minimum absolute atomic E-state index is 0.102. The highest BCUT2D eigenvalue weighted by Gasteiger charge is 2.00. The summed E-state index contributed by atoms with van der Waals surface area (Å²) in [5.74, 6) is 6.70. The second-order valence-corrected chi connectivity index (χ2v) is 5.39. The average molecular weight is 293 g/mol. The predicted molar refractivity (Wildman–Crippen MR) is 78.7 cm³/mol. The molecule has 0 fully saturated rings. The number of ether oxygens (including phenoxy) is 1. The first kappa shape index (κ1) is 14.0. The molecule has 19 heavy (non-hydrogen) atoms. The van der Waals surface area contributed by atoms with E-state index in [2.05, 4.69) is 11.8 Å². The van der Waals surface area contributed by atoms with Crippen LogP contribution >= 0.6 is 22.9 Å². The Labute approximate surface area is 121 Å². The molecule has 0 unspecified atom stereocenters. The summed E-state index contributed by atoms with van der Waals surface area (Å²) >= 11 is 7.41. The highest BCUT2D eigenvalue weighted by molar-refractivity contribution is 7.12. The van der Waals surface area contributed by atoms with Crippen molar-refractivity contribution in [2.45, 2.75) is 13.0 Å². The van der Waals surface area contributed by atoms with Crippen LogP contribution in [0.1, 0.15) is 16.2 Å². The Bertz CT molecular complexity index is 578. The van der Waals surface area contributed by atoms with Crippen LogP contribution in [0.15, 0.2) is 36.4 Å². The van der Waals surface area contributed by atoms with Gasteiger partial charge in [0.05, 0.1) is 11.5 Å². The summed E-state index contributed by atoms with van der Waals surface area (Å²) in [6, 6.07) is 11.3. The van der Waals surface area contributed by atoms with Gasteiger partial charge in [0, 0.05) is 16.3 Å². The van der Waals surface area contributed by atoms with E-state index in [1.807, 2.05) is 24.3 Å². The molecule has 0 amide bonds. The molecule has 98 valence electrons. The van der Waals surface area contributed by atoms with E-state index in [1.54, 1.807) is 23.5 Å². The molecule has 2 nitrogen and oxygen atoms in total. The van der Waals surface area contributed by atoms with Crippen molar-refractivity contribution in [2.24, 2.45) is 0 Å². The van der Waals surface area contributed by atoms with Gasteiger partial charge in [0.1, 0.15) is 12.4 Å². The van der Waals surface area contributed by atoms with Gasteiger partial charge in [-0.05, 0) is 36.4 Å². The third kappa shape index (κ3) is 4.60. The molecule has 1 aromatic heterocycles. The molecule has 4 heteroatoms. The molecule has 1 N–H and O–H groups in total. The maximum absolute atomic E-state index is 8.65. The topological polar surface area (TPSA) is 29.5 Å². The van der Waals surface area contributed by atoms with E-state index < -0.39 is 0 Å². The van der Waals surface area contributed by atoms with E-state index in [1.165, 1.54) is 0 Å². The fourth-order valence-corrected chi connectivity index (χ4v) is 2.34. The Kier molecular flexibility index (Phi) is 5.29. The van der Waals surface area contributed by atoms with Gasteiger partial charge in [0.2, 0.25) is 0 Å². The fourth-order valence-electron chi connectivity index (χ4n) is 1.41. The quantitative estimate of drug-likeness (QED) is 0.871. The first-order valence-electron chi connectivity index (χ1n) is 5.85. The third-order valence-electron chi connectivity index (χ3n) is 2.30. The van der Waals surface area contributed by atoms with Gasteiger partial charge in [-0.1, -0.05) is 23.4 Å². The number of halogens is 1. The molecule has 0 aliphatic rings. The summed E-state index contributed by atoms with van der Waals surface area (Å²) in [5, 5.41) is 9.35. The highest BCUT2D eigenvalue weighted by atomic mass is 35.5. The maximum atomic E-state index is 8.65. The minimum atomic E-state index is 0.102. The number of benzene rings is 1. The van der Waals surface area contributed by atoms with Gasteiger partial charge in [-0.25, -0.2) is 0 Å². The summed E-state index contributed by atoms with van der Waals surface area (Å²) in [6.45, 7) is 0.624. The second kappa shape index (κ2) is 7.20. The van der Waals surface area contributed by atoms with Crippen LogP contribution in [0.4, 0.5) is 0 Å². The summed E-state index contributed by atoms with van der Waals surface area (Å²) in [5.41, 5.74) is 0. The molecule has 1 heterocycles. The van der Waals surface area contributed by atoms with E-state index in [-0.39, 0.29) is 6.61 Å². The Balaban J connectivity index is 1.90. The Morgan fingerprint density at radius 2 is 1.95 bits per heavy atom. The number of rotatable bonds is 4. The van der Waals surface area contributed by atoms with E-state index in [9.17, 15) is 0 Å². The molecule has 0 saturated carbocycles. The second-order valence-electron chi connectivity index (χ2n) is 3.78. The van der Waals surface area contributed by atoms with Crippen molar-refractivity contribution in [2.75, 3.05) is 6.61 Å². The molecule has 1 aromatic carbocycles. The van der Waals surface area contributed by atoms with Crippen molar-refractivity contribution in [3.63, 3.8) is 0 Å². The molecule has 0 radical (unpaired) electrons. The lowest BCUT2D eigenvalue weighted by atomic mass is 10.3. The van der Waals surface area contributed by atoms with Gasteiger partial charge in [-0.2, -0.15) is 0 Å². The molecule has 2 aromatic rings. The van der Waals surface area contributed by atoms with Crippen molar-refractivity contribution < 1.29 is 9.84 Å². The van der Waals surface area contributed by atoms with Crippen LogP contribution in [0.5, 0.6) is 5.75 Å².